The highest BCUT2D eigenvalue weighted by Gasteiger charge is 2.32. The first-order valence-corrected chi connectivity index (χ1v) is 19.4. The van der Waals surface area contributed by atoms with Crippen molar-refractivity contribution in [1.29, 1.82) is 5.26 Å². The average molecular weight is 738 g/mol. The molecule has 4 aromatic rings. The Hall–Kier alpha value is -4.29. The third-order valence-corrected chi connectivity index (χ3v) is 9.97. The summed E-state index contributed by atoms with van der Waals surface area (Å²) >= 11 is 0. The molecule has 1 heterocycles. The van der Waals surface area contributed by atoms with Crippen molar-refractivity contribution >= 4 is 25.9 Å². The highest BCUT2D eigenvalue weighted by atomic mass is 32.2. The first kappa shape index (κ1) is 41.1. The molecule has 1 aliphatic heterocycles. The number of aliphatic hydroxyl groups is 1. The first-order valence-electron chi connectivity index (χ1n) is 16.5. The van der Waals surface area contributed by atoms with E-state index < -0.39 is 25.8 Å². The maximum absolute atomic E-state index is 11.1. The van der Waals surface area contributed by atoms with E-state index in [0.717, 1.165) is 63.3 Å². The lowest BCUT2D eigenvalue weighted by molar-refractivity contribution is -0.0254. The quantitative estimate of drug-likeness (QED) is 0.152. The Morgan fingerprint density at radius 1 is 0.804 bits per heavy atom. The van der Waals surface area contributed by atoms with E-state index in [9.17, 15) is 21.9 Å². The predicted octanol–water partition coefficient (Wildman–Crippen LogP) is 6.11. The second-order valence-corrected chi connectivity index (χ2v) is 15.4. The molecular formula is C38H47N3O8S2. The minimum atomic E-state index is -4.00. The van der Waals surface area contributed by atoms with Gasteiger partial charge >= 0.3 is 0 Å². The monoisotopic (exact) mass is 737 g/mol. The molecule has 3 N–H and O–H groups in total. The summed E-state index contributed by atoms with van der Waals surface area (Å²) in [6.45, 7) is 7.73. The van der Waals surface area contributed by atoms with Gasteiger partial charge < -0.3 is 19.6 Å². The minimum Gasteiger partial charge on any atom is -0.491 e. The molecule has 1 fully saturated rings. The molecule has 0 amide bonds. The largest absolute Gasteiger partial charge is 0.491 e. The van der Waals surface area contributed by atoms with Crippen LogP contribution < -0.4 is 9.64 Å². The lowest BCUT2D eigenvalue weighted by atomic mass is 9.88. The molecule has 0 radical (unpaired) electrons. The predicted molar refractivity (Wildman–Crippen MR) is 198 cm³/mol. The van der Waals surface area contributed by atoms with Crippen LogP contribution in [0.1, 0.15) is 44.2 Å². The van der Waals surface area contributed by atoms with Crippen LogP contribution in [0.5, 0.6) is 5.75 Å². The third kappa shape index (κ3) is 14.8. The number of hydrogen-bond donors (Lipinski definition) is 3. The van der Waals surface area contributed by atoms with Gasteiger partial charge in [-0.15, -0.1) is 0 Å². The van der Waals surface area contributed by atoms with Gasteiger partial charge in [0.05, 0.1) is 33.1 Å². The van der Waals surface area contributed by atoms with Gasteiger partial charge in [-0.2, -0.15) is 22.1 Å². The zero-order valence-corrected chi connectivity index (χ0v) is 30.8. The van der Waals surface area contributed by atoms with Crippen LogP contribution in [-0.2, 0) is 26.7 Å². The first-order chi connectivity index (χ1) is 24.1. The van der Waals surface area contributed by atoms with Crippen LogP contribution in [-0.4, -0.2) is 80.9 Å². The highest BCUT2D eigenvalue weighted by molar-refractivity contribution is 7.86. The van der Waals surface area contributed by atoms with E-state index in [1.165, 1.54) is 29.8 Å². The maximum atomic E-state index is 11.1. The fourth-order valence-electron chi connectivity index (χ4n) is 5.22. The SMILES string of the molecule is CC(C)Oc1ccc(N(C)CCC2(O)CCN(CCc3ccc(C#N)cc3)CC2)cc1.O=S(=O)(O)c1ccccc1.O=S(=O)(O)c1ccccc1. The van der Waals surface area contributed by atoms with Crippen molar-refractivity contribution in [2.75, 3.05) is 38.1 Å². The lowest BCUT2D eigenvalue weighted by Gasteiger charge is -2.39. The van der Waals surface area contributed by atoms with Crippen molar-refractivity contribution in [1.82, 2.24) is 4.90 Å². The fourth-order valence-corrected chi connectivity index (χ4v) is 6.22. The number of nitriles is 1. The molecule has 1 aliphatic rings. The second-order valence-electron chi connectivity index (χ2n) is 12.5. The van der Waals surface area contributed by atoms with Crippen LogP contribution >= 0.6 is 0 Å². The van der Waals surface area contributed by atoms with Gasteiger partial charge in [0.2, 0.25) is 0 Å². The van der Waals surface area contributed by atoms with Crippen molar-refractivity contribution in [2.24, 2.45) is 0 Å². The molecule has 274 valence electrons. The van der Waals surface area contributed by atoms with Gasteiger partial charge in [0, 0.05) is 38.9 Å². The Kier molecular flexibility index (Phi) is 15.6. The zero-order valence-electron chi connectivity index (χ0n) is 29.2. The van der Waals surface area contributed by atoms with Gasteiger partial charge in [-0.1, -0.05) is 48.5 Å². The van der Waals surface area contributed by atoms with Gasteiger partial charge in [0.1, 0.15) is 5.75 Å². The van der Waals surface area contributed by atoms with Gasteiger partial charge in [-0.05, 0) is 106 Å². The van der Waals surface area contributed by atoms with Crippen molar-refractivity contribution in [3.05, 3.63) is 120 Å². The van der Waals surface area contributed by atoms with Gasteiger partial charge in [-0.3, -0.25) is 9.11 Å². The van der Waals surface area contributed by atoms with Crippen molar-refractivity contribution in [2.45, 2.75) is 61.0 Å². The number of benzene rings is 4. The third-order valence-electron chi connectivity index (χ3n) is 8.23. The summed E-state index contributed by atoms with van der Waals surface area (Å²) in [5, 5.41) is 20.0. The molecule has 51 heavy (non-hydrogen) atoms. The van der Waals surface area contributed by atoms with Crippen LogP contribution in [0.25, 0.3) is 0 Å². The molecular weight excluding hydrogens is 691 g/mol. The summed E-state index contributed by atoms with van der Waals surface area (Å²) in [4.78, 5) is 4.49. The van der Waals surface area contributed by atoms with Crippen molar-refractivity contribution < 1.29 is 35.8 Å². The Labute approximate surface area is 302 Å². The molecule has 4 aromatic carbocycles. The summed E-state index contributed by atoms with van der Waals surface area (Å²) < 4.78 is 64.2. The summed E-state index contributed by atoms with van der Waals surface area (Å²) in [7, 11) is -5.93. The molecule has 5 rings (SSSR count). The standard InChI is InChI=1S/C26H35N3O2.2C6H6O3S/c1-21(2)31-25-10-8-24(9-11-25)28(3)17-13-26(30)14-18-29(19-15-26)16-12-22-4-6-23(20-27)7-5-22;2*7-10(8,9)6-4-2-1-3-5-6/h4-11,21,30H,12-19H2,1-3H3;2*1-5H,(H,7,8,9). The molecule has 0 unspecified atom stereocenters. The molecule has 0 bridgehead atoms. The van der Waals surface area contributed by atoms with E-state index in [0.29, 0.717) is 5.56 Å². The van der Waals surface area contributed by atoms with Gasteiger partial charge in [-0.25, -0.2) is 0 Å². The minimum absolute atomic E-state index is 0.0741. The van der Waals surface area contributed by atoms with Crippen molar-refractivity contribution in [3.8, 4) is 11.8 Å². The van der Waals surface area contributed by atoms with Crippen LogP contribution in [0.3, 0.4) is 0 Å². The Morgan fingerprint density at radius 2 is 1.29 bits per heavy atom. The molecule has 13 heteroatoms. The number of ether oxygens (including phenoxy) is 1. The number of anilines is 1. The maximum Gasteiger partial charge on any atom is 0.294 e. The van der Waals surface area contributed by atoms with E-state index in [1.807, 2.05) is 50.2 Å². The van der Waals surface area contributed by atoms with Crippen LogP contribution in [0.15, 0.2) is 119 Å². The number of likely N-dealkylation sites (tertiary alicyclic amines) is 1. The Bertz CT molecular complexity index is 1810. The molecule has 0 saturated carbocycles. The summed E-state index contributed by atoms with van der Waals surface area (Å²) in [5.41, 5.74) is 2.52. The number of hydrogen-bond acceptors (Lipinski definition) is 9. The number of piperidine rings is 1. The molecule has 0 aromatic heterocycles. The zero-order chi connectivity index (χ0) is 37.5. The van der Waals surface area contributed by atoms with Gasteiger partial charge in [0.25, 0.3) is 20.2 Å². The molecule has 0 atom stereocenters. The molecule has 1 saturated heterocycles. The Balaban J connectivity index is 0.000000283. The number of nitrogens with zero attached hydrogens (tertiary/aromatic N) is 3. The van der Waals surface area contributed by atoms with Crippen LogP contribution in [0.2, 0.25) is 0 Å². The van der Waals surface area contributed by atoms with E-state index in [4.69, 9.17) is 19.1 Å². The average Bonchev–Trinajstić information content (AvgIpc) is 3.11. The topological polar surface area (TPSA) is 168 Å². The fraction of sp³-hybridized carbons (Fsp3) is 0.342. The molecule has 11 nitrogen and oxygen atoms in total. The molecule has 0 aliphatic carbocycles. The summed E-state index contributed by atoms with van der Waals surface area (Å²) in [5.74, 6) is 0.888. The van der Waals surface area contributed by atoms with Gasteiger partial charge in [0.15, 0.2) is 0 Å². The Morgan fingerprint density at radius 3 is 1.71 bits per heavy atom. The second kappa shape index (κ2) is 19.4. The normalized spacial score (nSPS) is 14.2. The smallest absolute Gasteiger partial charge is 0.294 e. The lowest BCUT2D eigenvalue weighted by Crippen LogP contribution is -2.46. The van der Waals surface area contributed by atoms with Crippen molar-refractivity contribution in [3.63, 3.8) is 0 Å². The summed E-state index contributed by atoms with van der Waals surface area (Å²) in [6, 6.07) is 33.0. The highest BCUT2D eigenvalue weighted by Crippen LogP contribution is 2.27. The summed E-state index contributed by atoms with van der Waals surface area (Å²) in [6.07, 6.45) is 3.55. The number of rotatable bonds is 11. The van der Waals surface area contributed by atoms with E-state index in [-0.39, 0.29) is 15.9 Å². The van der Waals surface area contributed by atoms with E-state index in [1.54, 1.807) is 36.4 Å². The van der Waals surface area contributed by atoms with E-state index in [2.05, 4.69) is 35.0 Å². The van der Waals surface area contributed by atoms with E-state index >= 15 is 0 Å². The molecule has 0 spiro atoms. The van der Waals surface area contributed by atoms with Crippen LogP contribution in [0, 0.1) is 11.3 Å². The van der Waals surface area contributed by atoms with Crippen LogP contribution in [0.4, 0.5) is 5.69 Å².